The number of rotatable bonds is 7. The molecule has 0 aliphatic carbocycles. The Balaban J connectivity index is 1.50. The molecule has 0 aliphatic heterocycles. The molecule has 2 heterocycles. The molecule has 2 N–H and O–H groups in total. The molecule has 36 heavy (non-hydrogen) atoms. The van der Waals surface area contributed by atoms with E-state index in [1.165, 1.54) is 0 Å². The summed E-state index contributed by atoms with van der Waals surface area (Å²) >= 11 is -0.0170. The summed E-state index contributed by atoms with van der Waals surface area (Å²) in [5, 5.41) is 5.88. The van der Waals surface area contributed by atoms with Gasteiger partial charge in [-0.05, 0) is 0 Å². The van der Waals surface area contributed by atoms with Gasteiger partial charge in [0, 0.05) is 0 Å². The maximum absolute atomic E-state index is 13.1. The predicted octanol–water partition coefficient (Wildman–Crippen LogP) is 3.49. The van der Waals surface area contributed by atoms with Crippen molar-refractivity contribution in [3.63, 3.8) is 0 Å². The van der Waals surface area contributed by atoms with Gasteiger partial charge in [0.05, 0.1) is 0 Å². The molecule has 6 nitrogen and oxygen atoms in total. The summed E-state index contributed by atoms with van der Waals surface area (Å²) in [7, 11) is 0. The molecule has 0 fully saturated rings. The Bertz CT molecular complexity index is 1290. The van der Waals surface area contributed by atoms with Crippen LogP contribution in [-0.4, -0.2) is 48.0 Å². The van der Waals surface area contributed by atoms with Crippen molar-refractivity contribution < 1.29 is 9.59 Å². The molecule has 4 rings (SSSR count). The summed E-state index contributed by atoms with van der Waals surface area (Å²) in [4.78, 5) is 35.0. The number of aryl methyl sites for hydroxylation is 4. The summed E-state index contributed by atoms with van der Waals surface area (Å²) in [6.45, 7) is 7.78. The third kappa shape index (κ3) is 6.68. The zero-order valence-electron chi connectivity index (χ0n) is 20.5. The topological polar surface area (TPSA) is 84.0 Å². The van der Waals surface area contributed by atoms with Crippen molar-refractivity contribution in [1.29, 1.82) is 0 Å². The fourth-order valence-corrected chi connectivity index (χ4v) is 10.8. The Labute approximate surface area is 222 Å². The average molecular weight is 608 g/mol. The fraction of sp³-hybridized carbons (Fsp3) is 0.143. The molecule has 0 saturated carbocycles. The van der Waals surface area contributed by atoms with Crippen LogP contribution in [0.4, 0.5) is 11.6 Å². The van der Waals surface area contributed by atoms with E-state index in [0.29, 0.717) is 22.8 Å². The Morgan fingerprint density at radius 3 is 1.39 bits per heavy atom. The van der Waals surface area contributed by atoms with Gasteiger partial charge in [-0.3, -0.25) is 0 Å². The predicted molar refractivity (Wildman–Crippen MR) is 147 cm³/mol. The van der Waals surface area contributed by atoms with Crippen LogP contribution in [0.15, 0.2) is 72.8 Å². The molecule has 0 saturated heterocycles. The summed E-state index contributed by atoms with van der Waals surface area (Å²) in [5.74, 6) is 0.750. The minimum atomic E-state index is -0.173. The van der Waals surface area contributed by atoms with Crippen molar-refractivity contribution in [2.75, 3.05) is 10.6 Å². The molecule has 8 heteroatoms. The molecular formula is C28H26N4O2Se2. The molecule has 182 valence electrons. The first-order chi connectivity index (χ1) is 17.3. The number of carbonyl (C=O) groups is 2. The van der Waals surface area contributed by atoms with Crippen LogP contribution in [0.3, 0.4) is 0 Å². The minimum absolute atomic E-state index is 0.00849. The number of carbonyl (C=O) groups excluding carboxylic acids is 2. The van der Waals surface area contributed by atoms with Crippen molar-refractivity contribution in [3.05, 3.63) is 106 Å². The summed E-state index contributed by atoms with van der Waals surface area (Å²) < 4.78 is 2.00. The molecule has 2 amide bonds. The van der Waals surface area contributed by atoms with E-state index in [1.54, 1.807) is 0 Å². The van der Waals surface area contributed by atoms with Gasteiger partial charge in [0.15, 0.2) is 0 Å². The van der Waals surface area contributed by atoms with E-state index >= 15 is 0 Å². The fourth-order valence-electron chi connectivity index (χ4n) is 3.72. The van der Waals surface area contributed by atoms with Crippen LogP contribution in [0.1, 0.15) is 43.2 Å². The standard InChI is InChI=1S/C28H26N4O2Se2/c1-17-13-19(3)29-25(15-17)31-27(33)21-9-5-7-11-23(21)35-36-24-12-8-6-10-22(24)28(34)32-26-16-18(2)14-20(4)30-26/h5-16H,1-4H3,(H,29,31,33)(H,30,32,34). The third-order valence-corrected chi connectivity index (χ3v) is 12.4. The number of benzene rings is 2. The Hall–Kier alpha value is -3.28. The molecule has 0 radical (unpaired) electrons. The number of pyridine rings is 2. The van der Waals surface area contributed by atoms with E-state index < -0.39 is 0 Å². The van der Waals surface area contributed by atoms with E-state index in [0.717, 1.165) is 31.4 Å². The van der Waals surface area contributed by atoms with Gasteiger partial charge in [-0.15, -0.1) is 0 Å². The van der Waals surface area contributed by atoms with Crippen LogP contribution in [0.25, 0.3) is 0 Å². The number of aromatic nitrogens is 2. The summed E-state index contributed by atoms with van der Waals surface area (Å²) in [5.41, 5.74) is 5.09. The third-order valence-electron chi connectivity index (χ3n) is 5.16. The van der Waals surface area contributed by atoms with Crippen molar-refractivity contribution >= 4 is 58.6 Å². The van der Waals surface area contributed by atoms with Gasteiger partial charge in [-0.1, -0.05) is 0 Å². The van der Waals surface area contributed by atoms with Crippen molar-refractivity contribution in [1.82, 2.24) is 9.97 Å². The molecule has 0 atom stereocenters. The van der Waals surface area contributed by atoms with E-state index in [4.69, 9.17) is 0 Å². The molecule has 2 aromatic carbocycles. The molecule has 2 aromatic heterocycles. The van der Waals surface area contributed by atoms with E-state index in [9.17, 15) is 9.59 Å². The van der Waals surface area contributed by atoms with E-state index in [2.05, 4.69) is 20.6 Å². The molecule has 4 aromatic rings. The second-order valence-corrected chi connectivity index (χ2v) is 14.6. The van der Waals surface area contributed by atoms with Gasteiger partial charge in [-0.2, -0.15) is 0 Å². The zero-order valence-corrected chi connectivity index (χ0v) is 23.9. The number of hydrogen-bond acceptors (Lipinski definition) is 4. The number of anilines is 2. The maximum atomic E-state index is 13.1. The van der Waals surface area contributed by atoms with Crippen LogP contribution < -0.4 is 19.6 Å². The summed E-state index contributed by atoms with van der Waals surface area (Å²) in [6, 6.07) is 23.0. The Morgan fingerprint density at radius 2 is 1.00 bits per heavy atom. The van der Waals surface area contributed by atoms with Gasteiger partial charge in [0.25, 0.3) is 0 Å². The van der Waals surface area contributed by atoms with Crippen molar-refractivity contribution in [2.45, 2.75) is 27.7 Å². The van der Waals surface area contributed by atoms with E-state index in [1.807, 2.05) is 100 Å². The monoisotopic (exact) mass is 610 g/mol. The van der Waals surface area contributed by atoms with Gasteiger partial charge in [0.1, 0.15) is 0 Å². The van der Waals surface area contributed by atoms with Gasteiger partial charge < -0.3 is 0 Å². The molecule has 0 bridgehead atoms. The van der Waals surface area contributed by atoms with Gasteiger partial charge in [0.2, 0.25) is 0 Å². The number of nitrogens with zero attached hydrogens (tertiary/aromatic N) is 2. The van der Waals surface area contributed by atoms with Crippen LogP contribution in [-0.2, 0) is 0 Å². The second kappa shape index (κ2) is 11.6. The first kappa shape index (κ1) is 25.8. The van der Waals surface area contributed by atoms with Crippen LogP contribution in [0.2, 0.25) is 0 Å². The van der Waals surface area contributed by atoms with Crippen LogP contribution in [0, 0.1) is 27.7 Å². The second-order valence-electron chi connectivity index (χ2n) is 8.41. The zero-order chi connectivity index (χ0) is 25.7. The molecule has 0 spiro atoms. The van der Waals surface area contributed by atoms with Crippen LogP contribution >= 0.6 is 0 Å². The number of hydrogen-bond donors (Lipinski definition) is 2. The molecule has 0 aliphatic rings. The first-order valence-electron chi connectivity index (χ1n) is 11.3. The number of amides is 2. The van der Waals surface area contributed by atoms with Crippen molar-refractivity contribution in [2.24, 2.45) is 0 Å². The van der Waals surface area contributed by atoms with E-state index in [-0.39, 0.29) is 38.1 Å². The van der Waals surface area contributed by atoms with Crippen LogP contribution in [0.5, 0.6) is 0 Å². The SMILES string of the molecule is Cc1cc(C)nc(NC(=O)c2ccccc2[Se][Se]c2ccccc2C(=O)Nc2cc(C)cc(C)n2)c1. The van der Waals surface area contributed by atoms with Gasteiger partial charge >= 0.3 is 223 Å². The summed E-state index contributed by atoms with van der Waals surface area (Å²) in [6.07, 6.45) is 0. The average Bonchev–Trinajstić information content (AvgIpc) is 2.81. The molecular weight excluding hydrogens is 582 g/mol. The molecule has 0 unspecified atom stereocenters. The van der Waals surface area contributed by atoms with Crippen molar-refractivity contribution in [3.8, 4) is 0 Å². The number of nitrogens with one attached hydrogen (secondary N) is 2. The Kier molecular flexibility index (Phi) is 8.34. The quantitative estimate of drug-likeness (QED) is 0.315. The first-order valence-corrected chi connectivity index (χ1v) is 17.4. The Morgan fingerprint density at radius 1 is 0.611 bits per heavy atom. The van der Waals surface area contributed by atoms with Gasteiger partial charge in [-0.25, -0.2) is 0 Å². The normalized spacial score (nSPS) is 10.7.